The highest BCUT2D eigenvalue weighted by atomic mass is 35.5. The van der Waals surface area contributed by atoms with E-state index in [1.807, 2.05) is 24.3 Å². The van der Waals surface area contributed by atoms with Crippen LogP contribution in [0.15, 0.2) is 47.6 Å². The first-order valence-corrected chi connectivity index (χ1v) is 9.31. The van der Waals surface area contributed by atoms with Crippen LogP contribution in [-0.2, 0) is 4.79 Å². The van der Waals surface area contributed by atoms with Crippen molar-refractivity contribution in [1.29, 1.82) is 0 Å². The molecule has 0 aliphatic rings. The second kappa shape index (κ2) is 6.12. The number of aromatic nitrogens is 2. The smallest absolute Gasteiger partial charge is 0.313 e. The summed E-state index contributed by atoms with van der Waals surface area (Å²) in [6, 6.07) is 14.1. The summed E-state index contributed by atoms with van der Waals surface area (Å²) in [4.78, 5) is 19.3. The van der Waals surface area contributed by atoms with Crippen molar-refractivity contribution >= 4 is 61.8 Å². The molecule has 2 N–H and O–H groups in total. The van der Waals surface area contributed by atoms with Crippen LogP contribution in [0.5, 0.6) is 0 Å². The van der Waals surface area contributed by atoms with E-state index in [0.29, 0.717) is 10.2 Å². The van der Waals surface area contributed by atoms with E-state index >= 15 is 0 Å². The number of benzene rings is 2. The van der Waals surface area contributed by atoms with Crippen LogP contribution in [0.25, 0.3) is 31.6 Å². The summed E-state index contributed by atoms with van der Waals surface area (Å²) < 4.78 is 1.21. The Morgan fingerprint density at radius 3 is 2.92 bits per heavy atom. The molecular weight excluding hydrogens is 364 g/mol. The molecule has 0 fully saturated rings. The zero-order valence-electron chi connectivity index (χ0n) is 12.2. The maximum atomic E-state index is 10.7. The Hall–Kier alpha value is -2.02. The number of halogens is 1. The molecule has 0 aliphatic carbocycles. The molecule has 120 valence electrons. The molecule has 0 unspecified atom stereocenters. The van der Waals surface area contributed by atoms with Crippen LogP contribution in [-0.4, -0.2) is 26.8 Å². The Labute approximate surface area is 150 Å². The van der Waals surface area contributed by atoms with Gasteiger partial charge in [0.05, 0.1) is 21.8 Å². The number of imidazole rings is 1. The van der Waals surface area contributed by atoms with E-state index in [-0.39, 0.29) is 5.75 Å². The molecule has 2 aromatic heterocycles. The fraction of sp³-hybridized carbons (Fsp3) is 0.0588. The number of aromatic amines is 1. The number of nitrogens with zero attached hydrogens (tertiary/aromatic N) is 1. The highest BCUT2D eigenvalue weighted by Gasteiger charge is 2.12. The SMILES string of the molecule is O=C(O)CSc1nc2cc(-c3cc4ccccc4s3)c(Cl)cc2[nH]1. The van der Waals surface area contributed by atoms with Gasteiger partial charge in [-0.05, 0) is 29.7 Å². The lowest BCUT2D eigenvalue weighted by atomic mass is 10.1. The monoisotopic (exact) mass is 374 g/mol. The van der Waals surface area contributed by atoms with Gasteiger partial charge < -0.3 is 10.1 Å². The number of nitrogens with one attached hydrogen (secondary N) is 1. The molecule has 0 bridgehead atoms. The third-order valence-corrected chi connectivity index (χ3v) is 5.89. The van der Waals surface area contributed by atoms with E-state index in [1.54, 1.807) is 11.3 Å². The molecule has 7 heteroatoms. The Balaban J connectivity index is 1.77. The number of hydrogen-bond acceptors (Lipinski definition) is 4. The van der Waals surface area contributed by atoms with Gasteiger partial charge in [0.15, 0.2) is 5.16 Å². The molecule has 0 spiro atoms. The first-order chi connectivity index (χ1) is 11.6. The Morgan fingerprint density at radius 2 is 2.12 bits per heavy atom. The normalized spacial score (nSPS) is 11.4. The summed E-state index contributed by atoms with van der Waals surface area (Å²) >= 11 is 9.31. The molecular formula is C17H11ClN2O2S2. The minimum atomic E-state index is -0.871. The minimum absolute atomic E-state index is 0.0310. The molecule has 4 rings (SSSR count). The predicted molar refractivity (Wildman–Crippen MR) is 100 cm³/mol. The fourth-order valence-corrected chi connectivity index (χ4v) is 4.53. The number of aliphatic carboxylic acids is 1. The summed E-state index contributed by atoms with van der Waals surface area (Å²) in [6.07, 6.45) is 0. The number of carbonyl (C=O) groups is 1. The summed E-state index contributed by atoms with van der Waals surface area (Å²) in [5.74, 6) is -0.902. The van der Waals surface area contributed by atoms with Crippen LogP contribution >= 0.6 is 34.7 Å². The molecule has 0 saturated heterocycles. The van der Waals surface area contributed by atoms with Crippen molar-refractivity contribution in [2.45, 2.75) is 5.16 Å². The van der Waals surface area contributed by atoms with Gasteiger partial charge in [0.25, 0.3) is 0 Å². The fourth-order valence-electron chi connectivity index (χ4n) is 2.51. The van der Waals surface area contributed by atoms with Gasteiger partial charge in [-0.15, -0.1) is 11.3 Å². The molecule has 2 heterocycles. The van der Waals surface area contributed by atoms with Gasteiger partial charge in [0, 0.05) is 15.1 Å². The van der Waals surface area contributed by atoms with Gasteiger partial charge in [-0.2, -0.15) is 0 Å². The largest absolute Gasteiger partial charge is 0.481 e. The number of fused-ring (bicyclic) bond motifs is 2. The molecule has 24 heavy (non-hydrogen) atoms. The van der Waals surface area contributed by atoms with Gasteiger partial charge in [-0.3, -0.25) is 4.79 Å². The van der Waals surface area contributed by atoms with Crippen molar-refractivity contribution < 1.29 is 9.90 Å². The molecule has 0 saturated carbocycles. The third kappa shape index (κ3) is 2.88. The topological polar surface area (TPSA) is 66.0 Å². The summed E-state index contributed by atoms with van der Waals surface area (Å²) in [5, 5.41) is 11.2. The highest BCUT2D eigenvalue weighted by Crippen LogP contribution is 2.38. The van der Waals surface area contributed by atoms with Gasteiger partial charge in [0.1, 0.15) is 0 Å². The summed E-state index contributed by atoms with van der Waals surface area (Å²) in [7, 11) is 0. The van der Waals surface area contributed by atoms with E-state index in [2.05, 4.69) is 28.2 Å². The van der Waals surface area contributed by atoms with E-state index in [0.717, 1.165) is 33.2 Å². The Bertz CT molecular complexity index is 1040. The Morgan fingerprint density at radius 1 is 1.29 bits per heavy atom. The zero-order chi connectivity index (χ0) is 16.7. The van der Waals surface area contributed by atoms with Crippen LogP contribution in [0.3, 0.4) is 0 Å². The van der Waals surface area contributed by atoms with Crippen molar-refractivity contribution in [3.63, 3.8) is 0 Å². The average molecular weight is 375 g/mol. The van der Waals surface area contributed by atoms with Gasteiger partial charge in [-0.25, -0.2) is 4.98 Å². The second-order valence-electron chi connectivity index (χ2n) is 5.22. The first-order valence-electron chi connectivity index (χ1n) is 7.13. The van der Waals surface area contributed by atoms with Gasteiger partial charge >= 0.3 is 5.97 Å². The Kier molecular flexibility index (Phi) is 3.96. The lowest BCUT2D eigenvalue weighted by Crippen LogP contribution is -1.97. The molecule has 0 aliphatic heterocycles. The van der Waals surface area contributed by atoms with Crippen LogP contribution in [0, 0.1) is 0 Å². The highest BCUT2D eigenvalue weighted by molar-refractivity contribution is 7.99. The van der Waals surface area contributed by atoms with Crippen molar-refractivity contribution in [3.8, 4) is 10.4 Å². The van der Waals surface area contributed by atoms with E-state index in [1.165, 1.54) is 10.1 Å². The molecule has 0 atom stereocenters. The number of thiophene rings is 1. The van der Waals surface area contributed by atoms with Crippen molar-refractivity contribution in [2.24, 2.45) is 0 Å². The number of H-pyrrole nitrogens is 1. The lowest BCUT2D eigenvalue weighted by Gasteiger charge is -2.01. The number of carboxylic acids is 1. The van der Waals surface area contributed by atoms with E-state index in [4.69, 9.17) is 16.7 Å². The zero-order valence-corrected chi connectivity index (χ0v) is 14.6. The van der Waals surface area contributed by atoms with E-state index < -0.39 is 5.97 Å². The standard InChI is InChI=1S/C17H11ClN2O2S2/c18-11-7-13-12(19-17(20-13)23-8-16(21)22)6-10(11)15-5-9-3-1-2-4-14(9)24-15/h1-7H,8H2,(H,19,20)(H,21,22). The van der Waals surface area contributed by atoms with Crippen molar-refractivity contribution in [2.75, 3.05) is 5.75 Å². The summed E-state index contributed by atoms with van der Waals surface area (Å²) in [5.41, 5.74) is 2.52. The van der Waals surface area contributed by atoms with Crippen LogP contribution in [0.4, 0.5) is 0 Å². The van der Waals surface area contributed by atoms with Crippen molar-refractivity contribution in [1.82, 2.24) is 9.97 Å². The maximum Gasteiger partial charge on any atom is 0.313 e. The molecule has 2 aromatic carbocycles. The number of rotatable bonds is 4. The van der Waals surface area contributed by atoms with Gasteiger partial charge in [0.2, 0.25) is 0 Å². The molecule has 4 aromatic rings. The minimum Gasteiger partial charge on any atom is -0.481 e. The third-order valence-electron chi connectivity index (χ3n) is 3.57. The van der Waals surface area contributed by atoms with Crippen LogP contribution < -0.4 is 0 Å². The summed E-state index contributed by atoms with van der Waals surface area (Å²) in [6.45, 7) is 0. The molecule has 4 nitrogen and oxygen atoms in total. The number of carboxylic acid groups (broad SMARTS) is 1. The number of thioether (sulfide) groups is 1. The number of hydrogen-bond donors (Lipinski definition) is 2. The quantitative estimate of drug-likeness (QED) is 0.477. The van der Waals surface area contributed by atoms with Crippen LogP contribution in [0.1, 0.15) is 0 Å². The molecule has 0 amide bonds. The molecule has 0 radical (unpaired) electrons. The predicted octanol–water partition coefficient (Wildman–Crippen LogP) is 5.27. The van der Waals surface area contributed by atoms with Crippen LogP contribution in [0.2, 0.25) is 5.02 Å². The first kappa shape index (κ1) is 15.5. The van der Waals surface area contributed by atoms with Gasteiger partial charge in [-0.1, -0.05) is 41.6 Å². The average Bonchev–Trinajstić information content (AvgIpc) is 3.14. The maximum absolute atomic E-state index is 10.7. The second-order valence-corrected chi connectivity index (χ2v) is 7.68. The lowest BCUT2D eigenvalue weighted by molar-refractivity contribution is -0.133. The van der Waals surface area contributed by atoms with E-state index in [9.17, 15) is 4.79 Å². The van der Waals surface area contributed by atoms with Crippen molar-refractivity contribution in [3.05, 3.63) is 47.5 Å².